The molecule has 4 heteroatoms. The predicted octanol–water partition coefficient (Wildman–Crippen LogP) is 1.27. The fraction of sp³-hybridized carbons (Fsp3) is 0.400. The molecule has 0 saturated heterocycles. The average molecular weight is 198 g/mol. The van der Waals surface area contributed by atoms with Crippen molar-refractivity contribution in [2.45, 2.75) is 25.4 Å². The fourth-order valence-corrected chi connectivity index (χ4v) is 1.23. The molecule has 0 saturated carbocycles. The molecule has 1 aromatic rings. The third kappa shape index (κ3) is 2.21. The average Bonchev–Trinajstić information content (AvgIpc) is 2.20. The smallest absolute Gasteiger partial charge is 0.165 e. The minimum atomic E-state index is -0.666. The molecule has 1 aromatic carbocycles. The second kappa shape index (κ2) is 4.39. The van der Waals surface area contributed by atoms with E-state index in [9.17, 15) is 4.39 Å². The zero-order valence-electron chi connectivity index (χ0n) is 8.07. The summed E-state index contributed by atoms with van der Waals surface area (Å²) >= 11 is 0. The van der Waals surface area contributed by atoms with Gasteiger partial charge < -0.3 is 16.6 Å². The predicted molar refractivity (Wildman–Crippen MR) is 53.3 cm³/mol. The van der Waals surface area contributed by atoms with E-state index in [2.05, 4.69) is 0 Å². The number of halogens is 1. The minimum absolute atomic E-state index is 0.195. The van der Waals surface area contributed by atoms with Crippen molar-refractivity contribution in [2.24, 2.45) is 11.5 Å². The topological polar surface area (TPSA) is 72.3 Å². The van der Waals surface area contributed by atoms with Gasteiger partial charge in [-0.25, -0.2) is 4.39 Å². The van der Waals surface area contributed by atoms with Gasteiger partial charge in [-0.3, -0.25) is 0 Å². The highest BCUT2D eigenvalue weighted by Crippen LogP contribution is 2.21. The van der Waals surface area contributed by atoms with Crippen LogP contribution in [0.4, 0.5) is 4.39 Å². The van der Waals surface area contributed by atoms with Crippen molar-refractivity contribution in [3.05, 3.63) is 29.6 Å². The van der Waals surface area contributed by atoms with E-state index in [1.165, 1.54) is 12.1 Å². The molecule has 1 rings (SSSR count). The Labute approximate surface area is 82.5 Å². The molecule has 5 N–H and O–H groups in total. The van der Waals surface area contributed by atoms with Crippen LogP contribution in [-0.4, -0.2) is 11.1 Å². The molecule has 0 amide bonds. The number of hydrogen-bond acceptors (Lipinski definition) is 3. The highest BCUT2D eigenvalue weighted by Gasteiger charge is 2.14. The van der Waals surface area contributed by atoms with Gasteiger partial charge in [-0.05, 0) is 24.1 Å². The molecule has 0 aromatic heterocycles. The lowest BCUT2D eigenvalue weighted by atomic mass is 9.99. The van der Waals surface area contributed by atoms with Crippen molar-refractivity contribution in [3.63, 3.8) is 0 Å². The molecule has 0 aliphatic carbocycles. The number of phenols is 1. The number of rotatable bonds is 3. The number of nitrogens with two attached hydrogens (primary N) is 2. The molecule has 0 bridgehead atoms. The first-order valence-corrected chi connectivity index (χ1v) is 4.55. The Bertz CT molecular complexity index is 317. The van der Waals surface area contributed by atoms with Gasteiger partial charge in [0.25, 0.3) is 0 Å². The molecule has 0 aliphatic rings. The second-order valence-electron chi connectivity index (χ2n) is 3.31. The highest BCUT2D eigenvalue weighted by atomic mass is 19.1. The van der Waals surface area contributed by atoms with Gasteiger partial charge >= 0.3 is 0 Å². The number of phenolic OH excluding ortho intramolecular Hbond substituents is 1. The Morgan fingerprint density at radius 3 is 2.57 bits per heavy atom. The van der Waals surface area contributed by atoms with E-state index >= 15 is 0 Å². The number of hydrogen-bond donors (Lipinski definition) is 3. The summed E-state index contributed by atoms with van der Waals surface area (Å²) in [6, 6.07) is 3.50. The molecule has 0 spiro atoms. The van der Waals surface area contributed by atoms with Gasteiger partial charge in [0.2, 0.25) is 0 Å². The van der Waals surface area contributed by atoms with E-state index in [4.69, 9.17) is 16.6 Å². The van der Waals surface area contributed by atoms with E-state index in [0.29, 0.717) is 5.56 Å². The van der Waals surface area contributed by atoms with Crippen LogP contribution in [0.3, 0.4) is 0 Å². The maximum Gasteiger partial charge on any atom is 0.165 e. The second-order valence-corrected chi connectivity index (χ2v) is 3.31. The van der Waals surface area contributed by atoms with Crippen molar-refractivity contribution in [1.29, 1.82) is 0 Å². The molecule has 0 radical (unpaired) electrons. The summed E-state index contributed by atoms with van der Waals surface area (Å²) in [5.74, 6) is -1.03. The van der Waals surface area contributed by atoms with Crippen LogP contribution in [0.15, 0.2) is 18.2 Å². The van der Waals surface area contributed by atoms with Crippen molar-refractivity contribution < 1.29 is 9.50 Å². The summed E-state index contributed by atoms with van der Waals surface area (Å²) in [5, 5.41) is 8.97. The van der Waals surface area contributed by atoms with Gasteiger partial charge in [0.05, 0.1) is 0 Å². The van der Waals surface area contributed by atoms with E-state index in [0.717, 1.165) is 6.42 Å². The number of aromatic hydroxyl groups is 1. The van der Waals surface area contributed by atoms with Crippen molar-refractivity contribution >= 4 is 0 Å². The molecule has 0 aliphatic heterocycles. The van der Waals surface area contributed by atoms with Gasteiger partial charge in [0, 0.05) is 12.1 Å². The molecule has 0 fully saturated rings. The summed E-state index contributed by atoms with van der Waals surface area (Å²) in [6.45, 7) is 1.92. The van der Waals surface area contributed by atoms with Crippen LogP contribution in [0.5, 0.6) is 5.75 Å². The first-order valence-electron chi connectivity index (χ1n) is 4.55. The van der Waals surface area contributed by atoms with Crippen LogP contribution < -0.4 is 11.5 Å². The Hall–Kier alpha value is -1.13. The molecular weight excluding hydrogens is 183 g/mol. The van der Waals surface area contributed by atoms with Gasteiger partial charge in [0.15, 0.2) is 11.6 Å². The molecule has 14 heavy (non-hydrogen) atoms. The van der Waals surface area contributed by atoms with Crippen LogP contribution >= 0.6 is 0 Å². The minimum Gasteiger partial charge on any atom is -0.505 e. The fourth-order valence-electron chi connectivity index (χ4n) is 1.23. The lowest BCUT2D eigenvalue weighted by Gasteiger charge is -2.18. The maximum absolute atomic E-state index is 13.0. The summed E-state index contributed by atoms with van der Waals surface area (Å²) in [5.41, 5.74) is 12.1. The molecule has 0 heterocycles. The van der Waals surface area contributed by atoms with Gasteiger partial charge in [-0.2, -0.15) is 0 Å². The Morgan fingerprint density at radius 2 is 2.07 bits per heavy atom. The Balaban J connectivity index is 2.91. The van der Waals surface area contributed by atoms with Crippen LogP contribution in [0.2, 0.25) is 0 Å². The zero-order valence-corrected chi connectivity index (χ0v) is 8.07. The summed E-state index contributed by atoms with van der Waals surface area (Å²) in [7, 11) is 0. The molecule has 2 atom stereocenters. The van der Waals surface area contributed by atoms with Gasteiger partial charge in [0.1, 0.15) is 0 Å². The lowest BCUT2D eigenvalue weighted by molar-refractivity contribution is 0.430. The Kier molecular flexibility index (Phi) is 3.43. The van der Waals surface area contributed by atoms with Crippen LogP contribution in [0, 0.1) is 5.82 Å². The quantitative estimate of drug-likeness (QED) is 0.684. The zero-order chi connectivity index (χ0) is 10.7. The monoisotopic (exact) mass is 198 g/mol. The highest BCUT2D eigenvalue weighted by molar-refractivity contribution is 5.30. The van der Waals surface area contributed by atoms with E-state index in [1.807, 2.05) is 6.92 Å². The standard InChI is InChI=1S/C10H15FN2O/c1-2-8(12)10(13)6-3-4-9(14)7(11)5-6/h3-5,8,10,14H,2,12-13H2,1H3. The van der Waals surface area contributed by atoms with Crippen molar-refractivity contribution in [1.82, 2.24) is 0 Å². The normalized spacial score (nSPS) is 15.1. The molecule has 78 valence electrons. The van der Waals surface area contributed by atoms with Crippen LogP contribution in [-0.2, 0) is 0 Å². The first-order chi connectivity index (χ1) is 6.56. The summed E-state index contributed by atoms with van der Waals surface area (Å²) < 4.78 is 13.0. The van der Waals surface area contributed by atoms with E-state index in [1.54, 1.807) is 6.07 Å². The van der Waals surface area contributed by atoms with Crippen LogP contribution in [0.25, 0.3) is 0 Å². The third-order valence-corrected chi connectivity index (χ3v) is 2.29. The Morgan fingerprint density at radius 1 is 1.43 bits per heavy atom. The molecule has 2 unspecified atom stereocenters. The van der Waals surface area contributed by atoms with Gasteiger partial charge in [-0.15, -0.1) is 0 Å². The van der Waals surface area contributed by atoms with E-state index < -0.39 is 11.9 Å². The SMILES string of the molecule is CCC(N)C(N)c1ccc(O)c(F)c1. The van der Waals surface area contributed by atoms with Gasteiger partial charge in [-0.1, -0.05) is 13.0 Å². The largest absolute Gasteiger partial charge is 0.505 e. The van der Waals surface area contributed by atoms with Crippen molar-refractivity contribution in [2.75, 3.05) is 0 Å². The lowest BCUT2D eigenvalue weighted by Crippen LogP contribution is -2.33. The first kappa shape index (κ1) is 10.9. The molecule has 3 nitrogen and oxygen atoms in total. The number of benzene rings is 1. The molecular formula is C10H15FN2O. The summed E-state index contributed by atoms with van der Waals surface area (Å²) in [6.07, 6.45) is 0.726. The van der Waals surface area contributed by atoms with E-state index in [-0.39, 0.29) is 11.8 Å². The summed E-state index contributed by atoms with van der Waals surface area (Å²) in [4.78, 5) is 0. The van der Waals surface area contributed by atoms with Crippen LogP contribution in [0.1, 0.15) is 24.9 Å². The van der Waals surface area contributed by atoms with Crippen molar-refractivity contribution in [3.8, 4) is 5.75 Å². The third-order valence-electron chi connectivity index (χ3n) is 2.29. The maximum atomic E-state index is 13.0.